The summed E-state index contributed by atoms with van der Waals surface area (Å²) < 4.78 is 9.49. The van der Waals surface area contributed by atoms with Gasteiger partial charge in [0.05, 0.1) is 40.5 Å². The standard InChI is InChI=1S/C30H42N8O3Si/c1-19(2)37-17-22-9-8-21(13-24(22)35-37)26-10-7-20(3)16-36(26)30(40)29(39)34-25-15-32-28(31)23-14-33-38(27(23)25)18-41-11-12-42(4,5)6/h8-9,13-15,17,19-20,26H,7,10-12,16,18H2,1-6H3,(H2,31,32)(H,34,39). The highest BCUT2D eigenvalue weighted by Crippen LogP contribution is 2.35. The van der Waals surface area contributed by atoms with Crippen molar-refractivity contribution in [2.45, 2.75) is 78.1 Å². The van der Waals surface area contributed by atoms with Gasteiger partial charge < -0.3 is 20.7 Å². The molecule has 0 spiro atoms. The molecule has 2 unspecified atom stereocenters. The first kappa shape index (κ1) is 29.7. The summed E-state index contributed by atoms with van der Waals surface area (Å²) in [5.74, 6) is -0.731. The highest BCUT2D eigenvalue weighted by Gasteiger charge is 2.35. The minimum atomic E-state index is -1.24. The molecule has 3 N–H and O–H groups in total. The van der Waals surface area contributed by atoms with Crippen LogP contribution < -0.4 is 11.1 Å². The van der Waals surface area contributed by atoms with Gasteiger partial charge in [0, 0.05) is 38.9 Å². The average molecular weight is 591 g/mol. The number of aromatic nitrogens is 5. The summed E-state index contributed by atoms with van der Waals surface area (Å²) in [7, 11) is -1.24. The fourth-order valence-corrected chi connectivity index (χ4v) is 6.15. The molecular weight excluding hydrogens is 548 g/mol. The normalized spacial score (nSPS) is 17.8. The largest absolute Gasteiger partial charge is 0.383 e. The first-order valence-corrected chi connectivity index (χ1v) is 18.4. The van der Waals surface area contributed by atoms with E-state index in [1.54, 1.807) is 15.8 Å². The van der Waals surface area contributed by atoms with Crippen LogP contribution in [-0.2, 0) is 21.1 Å². The van der Waals surface area contributed by atoms with E-state index in [9.17, 15) is 9.59 Å². The van der Waals surface area contributed by atoms with Crippen molar-refractivity contribution in [2.75, 3.05) is 24.2 Å². The number of likely N-dealkylation sites (tertiary alicyclic amines) is 1. The lowest BCUT2D eigenvalue weighted by atomic mass is 9.89. The zero-order valence-corrected chi connectivity index (χ0v) is 26.4. The number of benzene rings is 1. The molecule has 4 aromatic rings. The van der Waals surface area contributed by atoms with Crippen LogP contribution in [0.25, 0.3) is 21.8 Å². The van der Waals surface area contributed by atoms with Gasteiger partial charge in [-0.05, 0) is 50.3 Å². The number of pyridine rings is 1. The van der Waals surface area contributed by atoms with Crippen molar-refractivity contribution in [3.05, 3.63) is 42.4 Å². The van der Waals surface area contributed by atoms with Crippen molar-refractivity contribution in [3.8, 4) is 0 Å². The molecule has 2 amide bonds. The van der Waals surface area contributed by atoms with Crippen LogP contribution >= 0.6 is 0 Å². The number of ether oxygens (including phenoxy) is 1. The summed E-state index contributed by atoms with van der Waals surface area (Å²) in [6.45, 7) is 14.5. The molecule has 1 fully saturated rings. The number of nitrogens with one attached hydrogen (secondary N) is 1. The molecular formula is C30H42N8O3Si. The van der Waals surface area contributed by atoms with E-state index in [0.717, 1.165) is 35.4 Å². The van der Waals surface area contributed by atoms with Crippen molar-refractivity contribution < 1.29 is 14.3 Å². The summed E-state index contributed by atoms with van der Waals surface area (Å²) in [4.78, 5) is 33.1. The number of rotatable bonds is 8. The van der Waals surface area contributed by atoms with E-state index in [2.05, 4.69) is 55.8 Å². The highest BCUT2D eigenvalue weighted by molar-refractivity contribution is 6.76. The molecule has 0 saturated carbocycles. The van der Waals surface area contributed by atoms with Gasteiger partial charge in [0.25, 0.3) is 0 Å². The van der Waals surface area contributed by atoms with E-state index in [4.69, 9.17) is 15.6 Å². The van der Waals surface area contributed by atoms with Gasteiger partial charge >= 0.3 is 11.8 Å². The second kappa shape index (κ2) is 11.8. The lowest BCUT2D eigenvalue weighted by Crippen LogP contribution is -2.46. The summed E-state index contributed by atoms with van der Waals surface area (Å²) >= 11 is 0. The monoisotopic (exact) mass is 590 g/mol. The lowest BCUT2D eigenvalue weighted by molar-refractivity contribution is -0.146. The first-order valence-electron chi connectivity index (χ1n) is 14.7. The molecule has 1 aliphatic rings. The Labute approximate surface area is 247 Å². The number of nitrogens with zero attached hydrogens (tertiary/aromatic N) is 6. The Morgan fingerprint density at radius 1 is 1.19 bits per heavy atom. The summed E-state index contributed by atoms with van der Waals surface area (Å²) in [6.07, 6.45) is 6.85. The van der Waals surface area contributed by atoms with Crippen LogP contribution in [0, 0.1) is 5.92 Å². The predicted molar refractivity (Wildman–Crippen MR) is 168 cm³/mol. The molecule has 4 heterocycles. The molecule has 224 valence electrons. The molecule has 0 bridgehead atoms. The zero-order valence-electron chi connectivity index (χ0n) is 25.4. The fourth-order valence-electron chi connectivity index (χ4n) is 5.39. The molecule has 0 aliphatic carbocycles. The number of carbonyl (C=O) groups excluding carboxylic acids is 2. The van der Waals surface area contributed by atoms with Gasteiger partial charge in [0.1, 0.15) is 12.5 Å². The number of carbonyl (C=O) groups is 2. The Morgan fingerprint density at radius 3 is 2.71 bits per heavy atom. The molecule has 42 heavy (non-hydrogen) atoms. The molecule has 1 aromatic carbocycles. The second-order valence-electron chi connectivity index (χ2n) is 12.9. The van der Waals surface area contributed by atoms with E-state index < -0.39 is 19.9 Å². The lowest BCUT2D eigenvalue weighted by Gasteiger charge is -2.38. The van der Waals surface area contributed by atoms with Crippen LogP contribution in [0.15, 0.2) is 36.8 Å². The summed E-state index contributed by atoms with van der Waals surface area (Å²) in [5.41, 5.74) is 8.92. The maximum absolute atomic E-state index is 13.7. The van der Waals surface area contributed by atoms with Gasteiger partial charge in [-0.15, -0.1) is 0 Å². The molecule has 12 heteroatoms. The van der Waals surface area contributed by atoms with Gasteiger partial charge in [-0.2, -0.15) is 10.2 Å². The number of nitrogen functional groups attached to an aromatic ring is 1. The molecule has 0 radical (unpaired) electrons. The van der Waals surface area contributed by atoms with Gasteiger partial charge in [0.2, 0.25) is 0 Å². The number of fused-ring (bicyclic) bond motifs is 2. The molecule has 1 saturated heterocycles. The number of anilines is 2. The number of hydrogen-bond acceptors (Lipinski definition) is 7. The van der Waals surface area contributed by atoms with Crippen LogP contribution in [0.5, 0.6) is 0 Å². The van der Waals surface area contributed by atoms with Crippen molar-refractivity contribution in [2.24, 2.45) is 5.92 Å². The van der Waals surface area contributed by atoms with Crippen LogP contribution in [-0.4, -0.2) is 62.5 Å². The van der Waals surface area contributed by atoms with Crippen LogP contribution in [0.3, 0.4) is 0 Å². The number of amides is 2. The maximum atomic E-state index is 13.7. The van der Waals surface area contributed by atoms with Crippen LogP contribution in [0.4, 0.5) is 11.5 Å². The van der Waals surface area contributed by atoms with Gasteiger partial charge in [0.15, 0.2) is 0 Å². The van der Waals surface area contributed by atoms with Crippen LogP contribution in [0.1, 0.15) is 51.3 Å². The molecule has 5 rings (SSSR count). The SMILES string of the molecule is CC1CCC(c2ccc3cn(C(C)C)nc3c2)N(C(=O)C(=O)Nc2cnc(N)c3cnn(COCC[Si](C)(C)C)c23)C1. The quantitative estimate of drug-likeness (QED) is 0.164. The minimum absolute atomic E-state index is 0.203. The van der Waals surface area contributed by atoms with Crippen molar-refractivity contribution in [1.29, 1.82) is 0 Å². The van der Waals surface area contributed by atoms with Crippen molar-refractivity contribution >= 4 is 53.2 Å². The van der Waals surface area contributed by atoms with Crippen molar-refractivity contribution in [3.63, 3.8) is 0 Å². The number of hydrogen-bond donors (Lipinski definition) is 2. The van der Waals surface area contributed by atoms with Gasteiger partial charge in [-0.3, -0.25) is 14.3 Å². The first-order chi connectivity index (χ1) is 19.9. The Kier molecular flexibility index (Phi) is 8.38. The topological polar surface area (TPSA) is 133 Å². The van der Waals surface area contributed by atoms with Crippen molar-refractivity contribution in [1.82, 2.24) is 29.4 Å². The van der Waals surface area contributed by atoms with E-state index in [0.29, 0.717) is 35.6 Å². The van der Waals surface area contributed by atoms with E-state index in [-0.39, 0.29) is 24.7 Å². The smallest absolute Gasteiger partial charge is 0.314 e. The fraction of sp³-hybridized carbons (Fsp3) is 0.500. The Morgan fingerprint density at radius 2 is 1.98 bits per heavy atom. The van der Waals surface area contributed by atoms with Gasteiger partial charge in [-0.25, -0.2) is 9.67 Å². The number of nitrogens with two attached hydrogens (primary N) is 1. The molecule has 2 atom stereocenters. The Bertz CT molecular complexity index is 1610. The zero-order chi connectivity index (χ0) is 30.2. The van der Waals surface area contributed by atoms with Gasteiger partial charge in [-0.1, -0.05) is 38.7 Å². The summed E-state index contributed by atoms with van der Waals surface area (Å²) in [6, 6.07) is 7.18. The van der Waals surface area contributed by atoms with E-state index in [1.165, 1.54) is 6.20 Å². The van der Waals surface area contributed by atoms with Crippen LogP contribution in [0.2, 0.25) is 25.7 Å². The summed E-state index contributed by atoms with van der Waals surface area (Å²) in [5, 5.41) is 13.6. The molecule has 1 aliphatic heterocycles. The molecule has 11 nitrogen and oxygen atoms in total. The minimum Gasteiger partial charge on any atom is -0.383 e. The predicted octanol–water partition coefficient (Wildman–Crippen LogP) is 5.19. The number of piperidine rings is 1. The second-order valence-corrected chi connectivity index (χ2v) is 18.6. The highest BCUT2D eigenvalue weighted by atomic mass is 28.3. The van der Waals surface area contributed by atoms with E-state index in [1.807, 2.05) is 29.1 Å². The molecule has 3 aromatic heterocycles. The third-order valence-electron chi connectivity index (χ3n) is 7.90. The third-order valence-corrected chi connectivity index (χ3v) is 9.60. The maximum Gasteiger partial charge on any atom is 0.314 e. The Hall–Kier alpha value is -3.77. The van der Waals surface area contributed by atoms with E-state index >= 15 is 0 Å². The average Bonchev–Trinajstić information content (AvgIpc) is 3.56. The Balaban J connectivity index is 1.37. The third kappa shape index (κ3) is 6.34.